The molecule has 1 rings (SSSR count). The lowest BCUT2D eigenvalue weighted by molar-refractivity contribution is -0.120. The molecule has 1 aliphatic rings. The Hall–Kier alpha value is -1.57. The van der Waals surface area contributed by atoms with Crippen LogP contribution in [0.2, 0.25) is 0 Å². The second-order valence-corrected chi connectivity index (χ2v) is 2.79. The lowest BCUT2D eigenvalue weighted by Gasteiger charge is -2.18. The second-order valence-electron chi connectivity index (χ2n) is 2.79. The normalized spacial score (nSPS) is 22.9. The van der Waals surface area contributed by atoms with Crippen molar-refractivity contribution in [1.82, 2.24) is 5.32 Å². The molecular weight excluding hydrogens is 162 g/mol. The number of hydrogen-bond donors (Lipinski definition) is 1. The molecule has 1 fully saturated rings. The molecule has 1 N–H and O–H groups in total. The van der Waals surface area contributed by atoms with Crippen LogP contribution in [0.25, 0.3) is 0 Å². The Morgan fingerprint density at radius 2 is 1.85 bits per heavy atom. The molecule has 0 atom stereocenters. The molecule has 0 saturated carbocycles. The SMILES string of the molecule is C=C/C=C1/CCC(=O)N/C1=C/C=C. The van der Waals surface area contributed by atoms with Gasteiger partial charge in [-0.1, -0.05) is 31.4 Å². The fraction of sp³-hybridized carbons (Fsp3) is 0.182. The van der Waals surface area contributed by atoms with Gasteiger partial charge in [0.15, 0.2) is 0 Å². The van der Waals surface area contributed by atoms with E-state index >= 15 is 0 Å². The van der Waals surface area contributed by atoms with E-state index in [9.17, 15) is 4.79 Å². The first kappa shape index (κ1) is 9.52. The molecule has 1 amide bonds. The average Bonchev–Trinajstić information content (AvgIpc) is 2.10. The molecule has 0 spiro atoms. The summed E-state index contributed by atoms with van der Waals surface area (Å²) in [6, 6.07) is 0. The van der Waals surface area contributed by atoms with Gasteiger partial charge in [-0.25, -0.2) is 0 Å². The van der Waals surface area contributed by atoms with E-state index in [-0.39, 0.29) is 5.91 Å². The fourth-order valence-corrected chi connectivity index (χ4v) is 1.26. The Kier molecular flexibility index (Phi) is 3.26. The average molecular weight is 175 g/mol. The summed E-state index contributed by atoms with van der Waals surface area (Å²) in [5.74, 6) is 0.0642. The maximum Gasteiger partial charge on any atom is 0.224 e. The molecule has 2 nitrogen and oxygen atoms in total. The number of carbonyl (C=O) groups is 1. The highest BCUT2D eigenvalue weighted by Crippen LogP contribution is 2.19. The summed E-state index contributed by atoms with van der Waals surface area (Å²) in [4.78, 5) is 11.1. The monoisotopic (exact) mass is 175 g/mol. The minimum atomic E-state index is 0.0642. The molecule has 1 aliphatic heterocycles. The van der Waals surface area contributed by atoms with E-state index in [0.29, 0.717) is 6.42 Å². The number of rotatable bonds is 2. The minimum absolute atomic E-state index is 0.0642. The smallest absolute Gasteiger partial charge is 0.224 e. The van der Waals surface area contributed by atoms with Gasteiger partial charge in [-0.15, -0.1) is 0 Å². The molecule has 68 valence electrons. The Morgan fingerprint density at radius 3 is 2.46 bits per heavy atom. The van der Waals surface area contributed by atoms with E-state index in [2.05, 4.69) is 18.5 Å². The van der Waals surface area contributed by atoms with Gasteiger partial charge in [0.2, 0.25) is 5.91 Å². The van der Waals surface area contributed by atoms with E-state index in [1.54, 1.807) is 18.2 Å². The number of piperidine rings is 1. The number of nitrogens with one attached hydrogen (secondary N) is 1. The third-order valence-electron chi connectivity index (χ3n) is 1.84. The van der Waals surface area contributed by atoms with Crippen molar-refractivity contribution in [3.05, 3.63) is 48.7 Å². The zero-order valence-electron chi connectivity index (χ0n) is 7.55. The number of allylic oxidation sites excluding steroid dienone is 5. The maximum atomic E-state index is 11.1. The summed E-state index contributed by atoms with van der Waals surface area (Å²) < 4.78 is 0. The van der Waals surface area contributed by atoms with Crippen molar-refractivity contribution in [2.24, 2.45) is 0 Å². The zero-order valence-corrected chi connectivity index (χ0v) is 7.55. The van der Waals surface area contributed by atoms with Gasteiger partial charge in [0.25, 0.3) is 0 Å². The van der Waals surface area contributed by atoms with Crippen LogP contribution in [0.5, 0.6) is 0 Å². The third kappa shape index (κ3) is 2.44. The summed E-state index contributed by atoms with van der Waals surface area (Å²) >= 11 is 0. The van der Waals surface area contributed by atoms with Gasteiger partial charge in [0.05, 0.1) is 0 Å². The predicted molar refractivity (Wildman–Crippen MR) is 53.9 cm³/mol. The van der Waals surface area contributed by atoms with Crippen molar-refractivity contribution in [3.63, 3.8) is 0 Å². The summed E-state index contributed by atoms with van der Waals surface area (Å²) in [6.07, 6.45) is 8.43. The zero-order chi connectivity index (χ0) is 9.68. The van der Waals surface area contributed by atoms with Gasteiger partial charge in [-0.3, -0.25) is 4.79 Å². The Balaban J connectivity index is 2.90. The van der Waals surface area contributed by atoms with Crippen LogP contribution in [0, 0.1) is 0 Å². The molecule has 0 radical (unpaired) electrons. The lowest BCUT2D eigenvalue weighted by Crippen LogP contribution is -2.28. The van der Waals surface area contributed by atoms with Crippen molar-refractivity contribution in [2.75, 3.05) is 0 Å². The maximum absolute atomic E-state index is 11.1. The highest BCUT2D eigenvalue weighted by Gasteiger charge is 2.15. The topological polar surface area (TPSA) is 29.1 Å². The van der Waals surface area contributed by atoms with Gasteiger partial charge in [-0.2, -0.15) is 0 Å². The van der Waals surface area contributed by atoms with Crippen molar-refractivity contribution < 1.29 is 4.79 Å². The van der Waals surface area contributed by atoms with E-state index in [0.717, 1.165) is 17.7 Å². The summed E-state index contributed by atoms with van der Waals surface area (Å²) in [7, 11) is 0. The van der Waals surface area contributed by atoms with Gasteiger partial charge < -0.3 is 5.32 Å². The Bertz CT molecular complexity index is 297. The predicted octanol–water partition coefficient (Wildman–Crippen LogP) is 2.08. The Morgan fingerprint density at radius 1 is 1.15 bits per heavy atom. The third-order valence-corrected chi connectivity index (χ3v) is 1.84. The molecule has 0 aromatic carbocycles. The van der Waals surface area contributed by atoms with Gasteiger partial charge in [0.1, 0.15) is 0 Å². The van der Waals surface area contributed by atoms with E-state index in [1.807, 2.05) is 6.08 Å². The standard InChI is InChI=1S/C11H13NO/c1-3-5-9-7-8-11(13)12-10(9)6-4-2/h3-6H,1-2,7-8H2,(H,12,13)/b9-5-,10-6+. The van der Waals surface area contributed by atoms with Crippen LogP contribution >= 0.6 is 0 Å². The molecule has 0 aliphatic carbocycles. The molecule has 0 unspecified atom stereocenters. The van der Waals surface area contributed by atoms with Crippen molar-refractivity contribution in [3.8, 4) is 0 Å². The van der Waals surface area contributed by atoms with Crippen LogP contribution in [0.1, 0.15) is 12.8 Å². The van der Waals surface area contributed by atoms with Crippen molar-refractivity contribution in [1.29, 1.82) is 0 Å². The summed E-state index contributed by atoms with van der Waals surface area (Å²) in [5.41, 5.74) is 1.95. The molecule has 1 heterocycles. The number of hydrogen-bond acceptors (Lipinski definition) is 1. The number of carbonyl (C=O) groups excluding carboxylic acids is 1. The second kappa shape index (κ2) is 4.45. The van der Waals surface area contributed by atoms with Gasteiger partial charge in [-0.05, 0) is 18.1 Å². The van der Waals surface area contributed by atoms with Crippen LogP contribution in [0.15, 0.2) is 48.7 Å². The summed E-state index contributed by atoms with van der Waals surface area (Å²) in [5, 5.41) is 2.79. The lowest BCUT2D eigenvalue weighted by atomic mass is 10.0. The first-order chi connectivity index (χ1) is 6.27. The highest BCUT2D eigenvalue weighted by molar-refractivity contribution is 5.81. The van der Waals surface area contributed by atoms with Crippen LogP contribution in [-0.4, -0.2) is 5.91 Å². The molecule has 1 saturated heterocycles. The minimum Gasteiger partial charge on any atom is -0.326 e. The fourth-order valence-electron chi connectivity index (χ4n) is 1.26. The molecule has 0 bridgehead atoms. The first-order valence-electron chi connectivity index (χ1n) is 4.22. The van der Waals surface area contributed by atoms with Crippen molar-refractivity contribution >= 4 is 5.91 Å². The van der Waals surface area contributed by atoms with E-state index < -0.39 is 0 Å². The highest BCUT2D eigenvalue weighted by atomic mass is 16.1. The molecule has 2 heteroatoms. The number of amides is 1. The Labute approximate surface area is 78.3 Å². The molecule has 0 aromatic heterocycles. The molecular formula is C11H13NO. The van der Waals surface area contributed by atoms with Crippen LogP contribution in [-0.2, 0) is 4.79 Å². The molecule has 0 aromatic rings. The van der Waals surface area contributed by atoms with Crippen LogP contribution in [0.4, 0.5) is 0 Å². The first-order valence-corrected chi connectivity index (χ1v) is 4.22. The van der Waals surface area contributed by atoms with Gasteiger partial charge in [0, 0.05) is 12.1 Å². The largest absolute Gasteiger partial charge is 0.326 e. The van der Waals surface area contributed by atoms with Crippen LogP contribution < -0.4 is 5.32 Å². The van der Waals surface area contributed by atoms with E-state index in [1.165, 1.54) is 0 Å². The summed E-state index contributed by atoms with van der Waals surface area (Å²) in [6.45, 7) is 7.22. The van der Waals surface area contributed by atoms with Crippen molar-refractivity contribution in [2.45, 2.75) is 12.8 Å². The molecule has 13 heavy (non-hydrogen) atoms. The quantitative estimate of drug-likeness (QED) is 0.684. The van der Waals surface area contributed by atoms with E-state index in [4.69, 9.17) is 0 Å². The van der Waals surface area contributed by atoms with Gasteiger partial charge >= 0.3 is 0 Å². The van der Waals surface area contributed by atoms with Crippen LogP contribution in [0.3, 0.4) is 0 Å².